The van der Waals surface area contributed by atoms with Crippen LogP contribution in [0.1, 0.15) is 58.3 Å². The quantitative estimate of drug-likeness (QED) is 0.246. The lowest BCUT2D eigenvalue weighted by Gasteiger charge is -2.31. The van der Waals surface area contributed by atoms with Gasteiger partial charge in [0.2, 0.25) is 12.2 Å². The molecule has 240 valence electrons. The van der Waals surface area contributed by atoms with Crippen molar-refractivity contribution in [2.24, 2.45) is 0 Å². The number of hydrogen-bond acceptors (Lipinski definition) is 9. The van der Waals surface area contributed by atoms with Crippen LogP contribution in [0.3, 0.4) is 0 Å². The number of thiazole rings is 1. The SMILES string of the molecule is CS(=O)(=O)Oc1ccc(Cl)c2c1COC(c1csc(C3CCN(C(=O)Cn4nc(C(F)(F)F)cc4C(F)(F)F)CC3)n1)OC2. The van der Waals surface area contributed by atoms with Gasteiger partial charge in [0.1, 0.15) is 23.7 Å². The number of fused-ring (bicyclic) bond motifs is 1. The van der Waals surface area contributed by atoms with Gasteiger partial charge in [0.05, 0.1) is 24.5 Å². The van der Waals surface area contributed by atoms with Gasteiger partial charge in [-0.05, 0) is 25.0 Å². The molecular weight excluding hydrogens is 666 g/mol. The molecule has 0 N–H and O–H groups in total. The number of rotatable bonds is 6. The zero-order chi connectivity index (χ0) is 32.0. The third-order valence-electron chi connectivity index (χ3n) is 6.95. The molecule has 19 heteroatoms. The number of piperidine rings is 1. The Bertz CT molecular complexity index is 1650. The van der Waals surface area contributed by atoms with Gasteiger partial charge >= 0.3 is 22.5 Å². The van der Waals surface area contributed by atoms with E-state index in [-0.39, 0.29) is 48.7 Å². The van der Waals surface area contributed by atoms with Crippen LogP contribution in [0.15, 0.2) is 23.6 Å². The van der Waals surface area contributed by atoms with E-state index in [4.69, 9.17) is 25.3 Å². The number of hydrogen-bond donors (Lipinski definition) is 0. The summed E-state index contributed by atoms with van der Waals surface area (Å²) in [6, 6.07) is 2.80. The Labute approximate surface area is 255 Å². The summed E-state index contributed by atoms with van der Waals surface area (Å²) in [5.41, 5.74) is -2.00. The summed E-state index contributed by atoms with van der Waals surface area (Å²) >= 11 is 7.63. The molecule has 2 aliphatic heterocycles. The van der Waals surface area contributed by atoms with Gasteiger partial charge in [-0.3, -0.25) is 9.48 Å². The zero-order valence-electron chi connectivity index (χ0n) is 22.6. The van der Waals surface area contributed by atoms with Gasteiger partial charge in [-0.25, -0.2) is 4.98 Å². The second kappa shape index (κ2) is 12.1. The van der Waals surface area contributed by atoms with Crippen molar-refractivity contribution in [3.8, 4) is 5.75 Å². The molecule has 1 unspecified atom stereocenters. The zero-order valence-corrected chi connectivity index (χ0v) is 25.0. The van der Waals surface area contributed by atoms with E-state index in [9.17, 15) is 39.6 Å². The van der Waals surface area contributed by atoms with Gasteiger partial charge in [-0.2, -0.15) is 39.9 Å². The molecule has 4 heterocycles. The first-order chi connectivity index (χ1) is 20.5. The normalized spacial score (nSPS) is 18.6. The number of aromatic nitrogens is 3. The van der Waals surface area contributed by atoms with Gasteiger partial charge in [0.15, 0.2) is 5.69 Å². The van der Waals surface area contributed by atoms with Gasteiger partial charge in [0.25, 0.3) is 0 Å². The summed E-state index contributed by atoms with van der Waals surface area (Å²) in [5, 5.41) is 5.77. The molecule has 0 bridgehead atoms. The van der Waals surface area contributed by atoms with Crippen molar-refractivity contribution >= 4 is 39.0 Å². The predicted octanol–water partition coefficient (Wildman–Crippen LogP) is 5.52. The summed E-state index contributed by atoms with van der Waals surface area (Å²) in [6.45, 7) is -0.767. The van der Waals surface area contributed by atoms with Crippen molar-refractivity contribution < 1.29 is 53.2 Å². The largest absolute Gasteiger partial charge is 0.435 e. The van der Waals surface area contributed by atoms with Crippen molar-refractivity contribution in [2.45, 2.75) is 57.2 Å². The van der Waals surface area contributed by atoms with E-state index in [0.29, 0.717) is 39.7 Å². The molecule has 1 saturated heterocycles. The fourth-order valence-corrected chi connectivity index (χ4v) is 6.55. The molecule has 44 heavy (non-hydrogen) atoms. The maximum atomic E-state index is 13.3. The van der Waals surface area contributed by atoms with Gasteiger partial charge < -0.3 is 18.6 Å². The van der Waals surface area contributed by atoms with Crippen LogP contribution in [-0.2, 0) is 56.5 Å². The lowest BCUT2D eigenvalue weighted by atomic mass is 9.97. The van der Waals surface area contributed by atoms with Gasteiger partial charge in [0, 0.05) is 46.6 Å². The monoisotopic (exact) mass is 688 g/mol. The van der Waals surface area contributed by atoms with Crippen LogP contribution in [0.25, 0.3) is 0 Å². The molecule has 0 spiro atoms. The van der Waals surface area contributed by atoms with Crippen molar-refractivity contribution in [3.63, 3.8) is 0 Å². The van der Waals surface area contributed by atoms with E-state index in [2.05, 4.69) is 10.1 Å². The van der Waals surface area contributed by atoms with E-state index in [1.54, 1.807) is 5.38 Å². The van der Waals surface area contributed by atoms with Gasteiger partial charge in [-0.1, -0.05) is 11.6 Å². The third kappa shape index (κ3) is 7.30. The predicted molar refractivity (Wildman–Crippen MR) is 142 cm³/mol. The fourth-order valence-electron chi connectivity index (χ4n) is 4.84. The third-order valence-corrected chi connectivity index (χ3v) is 8.82. The molecule has 3 aromatic rings. The first-order valence-corrected chi connectivity index (χ1v) is 16.0. The summed E-state index contributed by atoms with van der Waals surface area (Å²) in [5.74, 6) is -0.819. The summed E-state index contributed by atoms with van der Waals surface area (Å²) < 4.78 is 119. The summed E-state index contributed by atoms with van der Waals surface area (Å²) in [6.07, 6.45) is -9.39. The number of halogens is 7. The molecule has 0 saturated carbocycles. The molecular formula is C25H23ClF6N4O6S2. The van der Waals surface area contributed by atoms with Gasteiger partial charge in [-0.15, -0.1) is 11.3 Å². The minimum Gasteiger partial charge on any atom is -0.382 e. The Hall–Kier alpha value is -2.93. The minimum absolute atomic E-state index is 0.01000. The molecule has 1 aromatic carbocycles. The Kier molecular flexibility index (Phi) is 8.93. The highest BCUT2D eigenvalue weighted by molar-refractivity contribution is 7.86. The number of amides is 1. The van der Waals surface area contributed by atoms with Crippen molar-refractivity contribution in [2.75, 3.05) is 19.3 Å². The number of carbonyl (C=O) groups excluding carboxylic acids is 1. The first kappa shape index (κ1) is 32.5. The highest BCUT2D eigenvalue weighted by Crippen LogP contribution is 2.39. The lowest BCUT2D eigenvalue weighted by Crippen LogP contribution is -2.40. The molecule has 10 nitrogen and oxygen atoms in total. The highest BCUT2D eigenvalue weighted by atomic mass is 35.5. The summed E-state index contributed by atoms with van der Waals surface area (Å²) in [4.78, 5) is 18.6. The standard InChI is InChI=1S/C25H23ClF6N4O6S2/c1-44(38,39)42-18-3-2-16(26)14-10-40-23(41-11-15(14)18)17-12-43-22(33-17)13-4-6-35(7-5-13)21(37)9-36-20(25(30,31)32)8-19(34-36)24(27,28)29/h2-3,8,12-13,23H,4-7,9-11H2,1H3. The molecule has 2 aliphatic rings. The number of carbonyl (C=O) groups is 1. The van der Waals surface area contributed by atoms with E-state index in [0.717, 1.165) is 6.26 Å². The first-order valence-electron chi connectivity index (χ1n) is 12.9. The summed E-state index contributed by atoms with van der Waals surface area (Å²) in [7, 11) is -3.81. The van der Waals surface area contributed by atoms with Crippen LogP contribution in [-0.4, -0.2) is 53.3 Å². The van der Waals surface area contributed by atoms with Crippen LogP contribution >= 0.6 is 22.9 Å². The topological polar surface area (TPSA) is 113 Å². The lowest BCUT2D eigenvalue weighted by molar-refractivity contribution is -0.155. The smallest absolute Gasteiger partial charge is 0.382 e. The molecule has 1 atom stereocenters. The van der Waals surface area contributed by atoms with Crippen molar-refractivity contribution in [1.82, 2.24) is 19.7 Å². The molecule has 0 radical (unpaired) electrons. The molecule has 2 aromatic heterocycles. The van der Waals surface area contributed by atoms with Crippen LogP contribution in [0.2, 0.25) is 5.02 Å². The second-order valence-electron chi connectivity index (χ2n) is 10.1. The van der Waals surface area contributed by atoms with Crippen LogP contribution in [0.4, 0.5) is 26.3 Å². The van der Waals surface area contributed by atoms with E-state index in [1.165, 1.54) is 28.4 Å². The number of likely N-dealkylation sites (tertiary alicyclic amines) is 1. The maximum Gasteiger partial charge on any atom is 0.435 e. The number of ether oxygens (including phenoxy) is 2. The fraction of sp³-hybridized carbons (Fsp3) is 0.480. The Morgan fingerprint density at radius 3 is 2.36 bits per heavy atom. The Balaban J connectivity index is 1.21. The van der Waals surface area contributed by atoms with Crippen LogP contribution < -0.4 is 4.18 Å². The minimum atomic E-state index is -5.13. The number of benzene rings is 1. The second-order valence-corrected chi connectivity index (χ2v) is 12.9. The van der Waals surface area contributed by atoms with Crippen molar-refractivity contribution in [1.29, 1.82) is 0 Å². The Morgan fingerprint density at radius 1 is 1.09 bits per heavy atom. The van der Waals surface area contributed by atoms with Crippen LogP contribution in [0, 0.1) is 0 Å². The maximum absolute atomic E-state index is 13.3. The van der Waals surface area contributed by atoms with Crippen LogP contribution in [0.5, 0.6) is 5.75 Å². The number of nitrogens with zero attached hydrogens (tertiary/aromatic N) is 4. The average molecular weight is 689 g/mol. The van der Waals surface area contributed by atoms with Crippen molar-refractivity contribution in [3.05, 3.63) is 61.8 Å². The highest BCUT2D eigenvalue weighted by Gasteiger charge is 2.42. The average Bonchev–Trinajstić information content (AvgIpc) is 3.53. The van der Waals surface area contributed by atoms with E-state index < -0.39 is 52.6 Å². The molecule has 1 amide bonds. The van der Waals surface area contributed by atoms with E-state index in [1.807, 2.05) is 0 Å². The molecule has 1 fully saturated rings. The molecule has 5 rings (SSSR count). The molecule has 0 aliphatic carbocycles. The number of alkyl halides is 6. The van der Waals surface area contributed by atoms with E-state index >= 15 is 0 Å². The Morgan fingerprint density at radius 2 is 1.75 bits per heavy atom.